The zero-order chi connectivity index (χ0) is 18.8. The molecule has 2 heterocycles. The predicted molar refractivity (Wildman–Crippen MR) is 106 cm³/mol. The van der Waals surface area contributed by atoms with Crippen LogP contribution in [0, 0.1) is 13.8 Å². The number of carbonyl (C=O) groups is 1. The summed E-state index contributed by atoms with van der Waals surface area (Å²) < 4.78 is 1.85. The first kappa shape index (κ1) is 17.6. The lowest BCUT2D eigenvalue weighted by atomic mass is 10.0. The summed E-state index contributed by atoms with van der Waals surface area (Å²) in [6.07, 6.45) is 0. The van der Waals surface area contributed by atoms with E-state index in [0.29, 0.717) is 11.7 Å². The molecule has 6 nitrogen and oxygen atoms in total. The Bertz CT molecular complexity index is 939. The molecular formula is C20H21N5OS. The Balaban J connectivity index is 1.56. The van der Waals surface area contributed by atoms with Gasteiger partial charge in [-0.05, 0) is 25.0 Å². The van der Waals surface area contributed by atoms with Gasteiger partial charge in [-0.25, -0.2) is 4.68 Å². The van der Waals surface area contributed by atoms with Crippen molar-refractivity contribution in [3.05, 3.63) is 77.1 Å². The number of thioether (sulfide) groups is 1. The van der Waals surface area contributed by atoms with Gasteiger partial charge in [0.05, 0.1) is 6.04 Å². The number of benzene rings is 2. The fourth-order valence-corrected chi connectivity index (χ4v) is 4.22. The number of hydrogen-bond donors (Lipinski definition) is 2. The Morgan fingerprint density at radius 1 is 1.11 bits per heavy atom. The van der Waals surface area contributed by atoms with E-state index in [1.165, 1.54) is 17.3 Å². The summed E-state index contributed by atoms with van der Waals surface area (Å²) in [6, 6.07) is 18.0. The van der Waals surface area contributed by atoms with Gasteiger partial charge in [0.25, 0.3) is 0 Å². The van der Waals surface area contributed by atoms with E-state index in [0.717, 1.165) is 17.0 Å². The van der Waals surface area contributed by atoms with E-state index in [9.17, 15) is 4.79 Å². The molecule has 0 fully saturated rings. The van der Waals surface area contributed by atoms with Crippen LogP contribution < -0.4 is 10.7 Å². The fourth-order valence-electron chi connectivity index (χ4n) is 3.07. The van der Waals surface area contributed by atoms with Crippen molar-refractivity contribution >= 4 is 17.7 Å². The summed E-state index contributed by atoms with van der Waals surface area (Å²) in [7, 11) is 0. The summed E-state index contributed by atoms with van der Waals surface area (Å²) in [5.74, 6) is 0.755. The van der Waals surface area contributed by atoms with Crippen molar-refractivity contribution in [2.45, 2.75) is 36.8 Å². The molecule has 0 unspecified atom stereocenters. The Morgan fingerprint density at radius 3 is 2.59 bits per heavy atom. The molecule has 0 radical (unpaired) electrons. The van der Waals surface area contributed by atoms with Gasteiger partial charge in [0.1, 0.15) is 11.1 Å². The molecule has 0 saturated carbocycles. The third-order valence-electron chi connectivity index (χ3n) is 4.60. The van der Waals surface area contributed by atoms with Gasteiger partial charge in [-0.15, -0.1) is 10.2 Å². The quantitative estimate of drug-likeness (QED) is 0.729. The number of carbonyl (C=O) groups excluding carboxylic acids is 1. The van der Waals surface area contributed by atoms with Crippen LogP contribution in [-0.2, 0) is 11.3 Å². The van der Waals surface area contributed by atoms with Gasteiger partial charge >= 0.3 is 0 Å². The summed E-state index contributed by atoms with van der Waals surface area (Å²) in [5.41, 5.74) is 6.75. The Kier molecular flexibility index (Phi) is 4.85. The zero-order valence-corrected chi connectivity index (χ0v) is 16.0. The third kappa shape index (κ3) is 3.68. The second-order valence-corrected chi connectivity index (χ2v) is 7.73. The predicted octanol–water partition coefficient (Wildman–Crippen LogP) is 2.97. The first-order chi connectivity index (χ1) is 13.1. The van der Waals surface area contributed by atoms with Crippen LogP contribution in [-0.4, -0.2) is 26.0 Å². The summed E-state index contributed by atoms with van der Waals surface area (Å²) in [6.45, 7) is 4.45. The third-order valence-corrected chi connectivity index (χ3v) is 5.82. The molecular weight excluding hydrogens is 358 g/mol. The van der Waals surface area contributed by atoms with Crippen LogP contribution >= 0.6 is 11.8 Å². The number of rotatable bonds is 4. The molecule has 1 aliphatic rings. The SMILES string of the molecule is Cc1ccc(CNC(=O)[C@@H]2Sc3nnc(C)n3N[C@H]2c2ccccc2)cc1. The number of aromatic nitrogens is 3. The number of nitrogens with zero attached hydrogens (tertiary/aromatic N) is 3. The highest BCUT2D eigenvalue weighted by Gasteiger charge is 2.37. The lowest BCUT2D eigenvalue weighted by molar-refractivity contribution is -0.121. The number of nitrogens with one attached hydrogen (secondary N) is 2. The topological polar surface area (TPSA) is 71.8 Å². The molecule has 2 N–H and O–H groups in total. The molecule has 0 bridgehead atoms. The monoisotopic (exact) mass is 379 g/mol. The highest BCUT2D eigenvalue weighted by molar-refractivity contribution is 8.00. The lowest BCUT2D eigenvalue weighted by Crippen LogP contribution is -2.44. The molecule has 7 heteroatoms. The second-order valence-electron chi connectivity index (χ2n) is 6.62. The van der Waals surface area contributed by atoms with Gasteiger partial charge < -0.3 is 10.7 Å². The first-order valence-electron chi connectivity index (χ1n) is 8.85. The van der Waals surface area contributed by atoms with Gasteiger partial charge in [-0.3, -0.25) is 4.79 Å². The minimum Gasteiger partial charge on any atom is -0.351 e. The largest absolute Gasteiger partial charge is 0.351 e. The molecule has 138 valence electrons. The highest BCUT2D eigenvalue weighted by Crippen LogP contribution is 2.36. The van der Waals surface area contributed by atoms with Gasteiger partial charge in [0.2, 0.25) is 11.1 Å². The minimum atomic E-state index is -0.339. The average Bonchev–Trinajstić information content (AvgIpc) is 3.07. The molecule has 1 amide bonds. The van der Waals surface area contributed by atoms with Crippen LogP contribution in [0.1, 0.15) is 28.6 Å². The molecule has 0 saturated heterocycles. The van der Waals surface area contributed by atoms with Crippen LogP contribution in [0.2, 0.25) is 0 Å². The maximum absolute atomic E-state index is 13.0. The van der Waals surface area contributed by atoms with Gasteiger partial charge in [-0.1, -0.05) is 71.9 Å². The lowest BCUT2D eigenvalue weighted by Gasteiger charge is -2.32. The van der Waals surface area contributed by atoms with Gasteiger partial charge in [0.15, 0.2) is 0 Å². The van der Waals surface area contributed by atoms with E-state index in [1.807, 2.05) is 54.1 Å². The number of amides is 1. The molecule has 2 atom stereocenters. The fraction of sp³-hybridized carbons (Fsp3) is 0.250. The van der Waals surface area contributed by atoms with E-state index in [1.54, 1.807) is 0 Å². The molecule has 3 aromatic rings. The van der Waals surface area contributed by atoms with Crippen LogP contribution in [0.4, 0.5) is 0 Å². The number of hydrogen-bond acceptors (Lipinski definition) is 5. The molecule has 4 rings (SSSR count). The van der Waals surface area contributed by atoms with E-state index >= 15 is 0 Å². The average molecular weight is 379 g/mol. The standard InChI is InChI=1S/C20H21N5OS/c1-13-8-10-15(11-9-13)12-21-19(26)18-17(16-6-4-3-5-7-16)24-25-14(2)22-23-20(25)27-18/h3-11,17-18,24H,12H2,1-2H3,(H,21,26)/t17-,18+/m0/s1. The van der Waals surface area contributed by atoms with Crippen molar-refractivity contribution in [3.8, 4) is 0 Å². The van der Waals surface area contributed by atoms with Crippen molar-refractivity contribution in [2.75, 3.05) is 5.43 Å². The molecule has 1 aromatic heterocycles. The Labute approximate surface area is 162 Å². The van der Waals surface area contributed by atoms with Crippen molar-refractivity contribution < 1.29 is 4.79 Å². The normalized spacial score (nSPS) is 18.4. The van der Waals surface area contributed by atoms with Crippen molar-refractivity contribution in [2.24, 2.45) is 0 Å². The van der Waals surface area contributed by atoms with E-state index in [-0.39, 0.29) is 17.2 Å². The molecule has 0 aliphatic carbocycles. The van der Waals surface area contributed by atoms with Crippen molar-refractivity contribution in [1.82, 2.24) is 20.2 Å². The molecule has 27 heavy (non-hydrogen) atoms. The molecule has 0 spiro atoms. The summed E-state index contributed by atoms with van der Waals surface area (Å²) in [4.78, 5) is 13.0. The molecule has 2 aromatic carbocycles. The van der Waals surface area contributed by atoms with Crippen LogP contribution in [0.25, 0.3) is 0 Å². The Hall–Kier alpha value is -2.80. The summed E-state index contributed by atoms with van der Waals surface area (Å²) in [5, 5.41) is 11.7. The van der Waals surface area contributed by atoms with Gasteiger partial charge in [0, 0.05) is 6.54 Å². The summed E-state index contributed by atoms with van der Waals surface area (Å²) >= 11 is 1.44. The minimum absolute atomic E-state index is 0.0196. The zero-order valence-electron chi connectivity index (χ0n) is 15.2. The number of aryl methyl sites for hydroxylation is 2. The highest BCUT2D eigenvalue weighted by atomic mass is 32.2. The second kappa shape index (κ2) is 7.44. The van der Waals surface area contributed by atoms with E-state index in [2.05, 4.69) is 40.0 Å². The van der Waals surface area contributed by atoms with Crippen LogP contribution in [0.3, 0.4) is 0 Å². The van der Waals surface area contributed by atoms with Crippen molar-refractivity contribution in [3.63, 3.8) is 0 Å². The first-order valence-corrected chi connectivity index (χ1v) is 9.73. The van der Waals surface area contributed by atoms with Gasteiger partial charge in [-0.2, -0.15) is 0 Å². The van der Waals surface area contributed by atoms with Crippen LogP contribution in [0.15, 0.2) is 59.8 Å². The Morgan fingerprint density at radius 2 is 1.85 bits per heavy atom. The smallest absolute Gasteiger partial charge is 0.236 e. The van der Waals surface area contributed by atoms with E-state index in [4.69, 9.17) is 0 Å². The maximum Gasteiger partial charge on any atom is 0.236 e. The van der Waals surface area contributed by atoms with Crippen molar-refractivity contribution in [1.29, 1.82) is 0 Å². The van der Waals surface area contributed by atoms with E-state index < -0.39 is 0 Å². The number of fused-ring (bicyclic) bond motifs is 1. The van der Waals surface area contributed by atoms with Crippen LogP contribution in [0.5, 0.6) is 0 Å². The molecule has 1 aliphatic heterocycles. The maximum atomic E-state index is 13.0.